The predicted molar refractivity (Wildman–Crippen MR) is 62.6 cm³/mol. The van der Waals surface area contributed by atoms with Crippen molar-refractivity contribution in [3.05, 3.63) is 0 Å². The number of terminal acetylenes is 2. The van der Waals surface area contributed by atoms with E-state index in [1.807, 2.05) is 0 Å². The van der Waals surface area contributed by atoms with Gasteiger partial charge in [-0.15, -0.1) is 24.7 Å². The minimum Gasteiger partial charge on any atom is -0.464 e. The topological polar surface area (TPSA) is 52.6 Å². The first-order chi connectivity index (χ1) is 7.96. The van der Waals surface area contributed by atoms with Crippen molar-refractivity contribution in [2.75, 3.05) is 13.2 Å². The summed E-state index contributed by atoms with van der Waals surface area (Å²) in [7, 11) is 0. The normalized spacial score (nSPS) is 9.88. The van der Waals surface area contributed by atoms with Crippen LogP contribution in [0.1, 0.15) is 26.7 Å². The van der Waals surface area contributed by atoms with E-state index in [0.29, 0.717) is 12.8 Å². The van der Waals surface area contributed by atoms with E-state index in [0.717, 1.165) is 0 Å². The van der Waals surface area contributed by atoms with Crippen LogP contribution in [0.15, 0.2) is 0 Å². The molecule has 92 valence electrons. The van der Waals surface area contributed by atoms with Gasteiger partial charge in [0.15, 0.2) is 5.41 Å². The molecule has 0 aliphatic rings. The molecule has 0 saturated heterocycles. The molecule has 17 heavy (non-hydrogen) atoms. The maximum Gasteiger partial charge on any atom is 0.322 e. The minimum absolute atomic E-state index is 0.0936. The third-order valence-corrected chi connectivity index (χ3v) is 1.98. The van der Waals surface area contributed by atoms with Gasteiger partial charge in [0.25, 0.3) is 0 Å². The van der Waals surface area contributed by atoms with Gasteiger partial charge < -0.3 is 9.47 Å². The van der Waals surface area contributed by atoms with Gasteiger partial charge in [0, 0.05) is 12.8 Å². The van der Waals surface area contributed by atoms with Crippen molar-refractivity contribution < 1.29 is 19.1 Å². The van der Waals surface area contributed by atoms with Gasteiger partial charge in [0.05, 0.1) is 0 Å². The van der Waals surface area contributed by atoms with Crippen molar-refractivity contribution in [3.63, 3.8) is 0 Å². The van der Waals surface area contributed by atoms with E-state index < -0.39 is 17.4 Å². The third-order valence-electron chi connectivity index (χ3n) is 1.98. The summed E-state index contributed by atoms with van der Waals surface area (Å²) in [5, 5.41) is 0. The molecule has 0 aromatic heterocycles. The molecule has 0 N–H and O–H groups in total. The Morgan fingerprint density at radius 2 is 1.35 bits per heavy atom. The summed E-state index contributed by atoms with van der Waals surface area (Å²) in [5.41, 5.74) is -1.34. The molecule has 0 unspecified atom stereocenters. The number of carbonyl (C=O) groups excluding carboxylic acids is 2. The van der Waals surface area contributed by atoms with E-state index in [2.05, 4.69) is 11.8 Å². The van der Waals surface area contributed by atoms with Gasteiger partial charge in [-0.3, -0.25) is 9.59 Å². The van der Waals surface area contributed by atoms with E-state index in [1.165, 1.54) is 13.8 Å². The lowest BCUT2D eigenvalue weighted by Gasteiger charge is -2.20. The quantitative estimate of drug-likeness (QED) is 0.300. The van der Waals surface area contributed by atoms with Crippen LogP contribution in [0.2, 0.25) is 0 Å². The molecule has 0 heterocycles. The van der Waals surface area contributed by atoms with Crippen LogP contribution in [0.4, 0.5) is 0 Å². The molecule has 0 aliphatic carbocycles. The van der Waals surface area contributed by atoms with Crippen molar-refractivity contribution in [2.45, 2.75) is 26.7 Å². The molecular weight excluding hydrogens is 220 g/mol. The van der Waals surface area contributed by atoms with Crippen LogP contribution in [-0.4, -0.2) is 25.2 Å². The number of hydrogen-bond acceptors (Lipinski definition) is 4. The fourth-order valence-corrected chi connectivity index (χ4v) is 0.849. The lowest BCUT2D eigenvalue weighted by Crippen LogP contribution is -2.36. The number of ether oxygens (including phenoxy) is 2. The van der Waals surface area contributed by atoms with Gasteiger partial charge in [-0.1, -0.05) is 0 Å². The first-order valence-electron chi connectivity index (χ1n) is 5.18. The van der Waals surface area contributed by atoms with Crippen LogP contribution in [0.25, 0.3) is 0 Å². The first-order valence-corrected chi connectivity index (χ1v) is 5.18. The number of carbonyl (C=O) groups is 2. The van der Waals surface area contributed by atoms with Gasteiger partial charge in [-0.25, -0.2) is 0 Å². The Labute approximate surface area is 102 Å². The Morgan fingerprint density at radius 1 is 1.00 bits per heavy atom. The molecule has 0 rings (SSSR count). The summed E-state index contributed by atoms with van der Waals surface area (Å²) in [5.74, 6) is 3.35. The number of hydrogen-bond donors (Lipinski definition) is 0. The van der Waals surface area contributed by atoms with Crippen molar-refractivity contribution in [3.8, 4) is 24.7 Å². The van der Waals surface area contributed by atoms with Crippen LogP contribution in [0.5, 0.6) is 0 Å². The van der Waals surface area contributed by atoms with Crippen LogP contribution >= 0.6 is 0 Å². The SMILES string of the molecule is C#CCCOC(=O)C(C)(C)C(=O)OCCC#C. The van der Waals surface area contributed by atoms with E-state index in [4.69, 9.17) is 22.3 Å². The van der Waals surface area contributed by atoms with Crippen LogP contribution in [0, 0.1) is 30.1 Å². The van der Waals surface area contributed by atoms with E-state index >= 15 is 0 Å². The Hall–Kier alpha value is -1.94. The summed E-state index contributed by atoms with van der Waals surface area (Å²) in [6.07, 6.45) is 10.7. The molecule has 0 fully saturated rings. The molecule has 0 saturated carbocycles. The Balaban J connectivity index is 4.25. The zero-order chi connectivity index (χ0) is 13.3. The van der Waals surface area contributed by atoms with Crippen LogP contribution < -0.4 is 0 Å². The first kappa shape index (κ1) is 15.1. The molecule has 0 atom stereocenters. The molecule has 0 aliphatic heterocycles. The lowest BCUT2D eigenvalue weighted by molar-refractivity contribution is -0.169. The maximum atomic E-state index is 11.6. The monoisotopic (exact) mass is 236 g/mol. The Bertz CT molecular complexity index is 321. The average molecular weight is 236 g/mol. The van der Waals surface area contributed by atoms with Gasteiger partial charge >= 0.3 is 11.9 Å². The van der Waals surface area contributed by atoms with Crippen LogP contribution in [-0.2, 0) is 19.1 Å². The minimum atomic E-state index is -1.34. The standard InChI is InChI=1S/C13H16O4/c1-5-7-9-16-11(14)13(3,4)12(15)17-10-8-6-2/h1-2H,7-10H2,3-4H3. The Morgan fingerprint density at radius 3 is 1.65 bits per heavy atom. The summed E-state index contributed by atoms with van der Waals surface area (Å²) >= 11 is 0. The number of rotatable bonds is 6. The highest BCUT2D eigenvalue weighted by Crippen LogP contribution is 2.19. The smallest absolute Gasteiger partial charge is 0.322 e. The lowest BCUT2D eigenvalue weighted by atomic mass is 9.94. The van der Waals surface area contributed by atoms with Crippen molar-refractivity contribution in [1.82, 2.24) is 0 Å². The predicted octanol–water partition coefficient (Wildman–Crippen LogP) is 1.15. The third kappa shape index (κ3) is 5.08. The molecule has 0 radical (unpaired) electrons. The molecule has 0 spiro atoms. The molecule has 0 amide bonds. The van der Waals surface area contributed by atoms with Gasteiger partial charge in [-0.05, 0) is 13.8 Å². The van der Waals surface area contributed by atoms with Crippen molar-refractivity contribution in [2.24, 2.45) is 5.41 Å². The van der Waals surface area contributed by atoms with Crippen LogP contribution in [0.3, 0.4) is 0 Å². The highest BCUT2D eigenvalue weighted by Gasteiger charge is 2.39. The highest BCUT2D eigenvalue weighted by molar-refractivity contribution is 5.99. The molecule has 4 heteroatoms. The summed E-state index contributed by atoms with van der Waals surface area (Å²) in [6.45, 7) is 3.06. The molecule has 4 nitrogen and oxygen atoms in total. The summed E-state index contributed by atoms with van der Waals surface area (Å²) < 4.78 is 9.70. The highest BCUT2D eigenvalue weighted by atomic mass is 16.6. The fourth-order valence-electron chi connectivity index (χ4n) is 0.849. The number of esters is 2. The average Bonchev–Trinajstić information content (AvgIpc) is 2.29. The van der Waals surface area contributed by atoms with E-state index in [1.54, 1.807) is 0 Å². The second kappa shape index (κ2) is 7.35. The second-order valence-corrected chi connectivity index (χ2v) is 3.81. The maximum absolute atomic E-state index is 11.6. The Kier molecular flexibility index (Phi) is 6.51. The molecule has 0 aromatic rings. The van der Waals surface area contributed by atoms with E-state index in [9.17, 15) is 9.59 Å². The summed E-state index contributed by atoms with van der Waals surface area (Å²) in [4.78, 5) is 23.2. The van der Waals surface area contributed by atoms with Gasteiger partial charge in [0.2, 0.25) is 0 Å². The van der Waals surface area contributed by atoms with Crippen molar-refractivity contribution in [1.29, 1.82) is 0 Å². The largest absolute Gasteiger partial charge is 0.464 e. The zero-order valence-corrected chi connectivity index (χ0v) is 10.1. The van der Waals surface area contributed by atoms with Gasteiger partial charge in [0.1, 0.15) is 13.2 Å². The van der Waals surface area contributed by atoms with E-state index in [-0.39, 0.29) is 13.2 Å². The zero-order valence-electron chi connectivity index (χ0n) is 10.1. The fraction of sp³-hybridized carbons (Fsp3) is 0.538. The molecule has 0 aromatic carbocycles. The van der Waals surface area contributed by atoms with Crippen molar-refractivity contribution >= 4 is 11.9 Å². The molecular formula is C13H16O4. The second-order valence-electron chi connectivity index (χ2n) is 3.81. The van der Waals surface area contributed by atoms with Gasteiger partial charge in [-0.2, -0.15) is 0 Å². The molecule has 0 bridgehead atoms. The summed E-state index contributed by atoms with van der Waals surface area (Å²) in [6, 6.07) is 0.